The molecule has 0 saturated carbocycles. The highest BCUT2D eigenvalue weighted by atomic mass is 127. The van der Waals surface area contributed by atoms with Gasteiger partial charge in [-0.3, -0.25) is 0 Å². The molecule has 32 heavy (non-hydrogen) atoms. The molecule has 0 amide bonds. The molecule has 6 nitrogen and oxygen atoms in total. The number of aryl methyl sites for hydroxylation is 3. The Hall–Kier alpha value is -1.58. The molecule has 1 saturated heterocycles. The number of furan rings is 1. The van der Waals surface area contributed by atoms with Gasteiger partial charge >= 0.3 is 0 Å². The fourth-order valence-electron chi connectivity index (χ4n) is 4.23. The summed E-state index contributed by atoms with van der Waals surface area (Å²) >= 11 is 0. The van der Waals surface area contributed by atoms with E-state index in [0.717, 1.165) is 49.6 Å². The zero-order chi connectivity index (χ0) is 22.4. The van der Waals surface area contributed by atoms with Crippen molar-refractivity contribution in [2.45, 2.75) is 59.2 Å². The van der Waals surface area contributed by atoms with Gasteiger partial charge < -0.3 is 24.9 Å². The average molecular weight is 556 g/mol. The van der Waals surface area contributed by atoms with E-state index in [1.807, 2.05) is 26.8 Å². The fraction of sp³-hybridized carbons (Fsp3) is 0.560. The normalized spacial score (nSPS) is 20.9. The van der Waals surface area contributed by atoms with Crippen LogP contribution in [0, 0.1) is 26.7 Å². The first-order chi connectivity index (χ1) is 14.8. The molecular weight excluding hydrogens is 517 g/mol. The molecule has 2 aromatic rings. The van der Waals surface area contributed by atoms with Gasteiger partial charge in [0.15, 0.2) is 5.96 Å². The second-order valence-corrected chi connectivity index (χ2v) is 8.78. The van der Waals surface area contributed by atoms with E-state index < -0.39 is 5.60 Å². The largest absolute Gasteiger partial charge is 0.466 e. The van der Waals surface area contributed by atoms with Crippen LogP contribution in [0.4, 0.5) is 0 Å². The maximum atomic E-state index is 11.0. The molecule has 1 aliphatic rings. The van der Waals surface area contributed by atoms with E-state index >= 15 is 0 Å². The summed E-state index contributed by atoms with van der Waals surface area (Å²) in [4.78, 5) is 4.67. The van der Waals surface area contributed by atoms with Crippen molar-refractivity contribution in [2.24, 2.45) is 10.9 Å². The predicted molar refractivity (Wildman–Crippen MR) is 140 cm³/mol. The molecule has 1 aliphatic heterocycles. The van der Waals surface area contributed by atoms with Gasteiger partial charge in [0.1, 0.15) is 17.1 Å². The number of hydrogen-bond donors (Lipinski definition) is 3. The van der Waals surface area contributed by atoms with Crippen LogP contribution in [0.15, 0.2) is 39.7 Å². The smallest absolute Gasteiger partial charge is 0.191 e. The Morgan fingerprint density at radius 3 is 2.53 bits per heavy atom. The van der Waals surface area contributed by atoms with Gasteiger partial charge in [0.25, 0.3) is 0 Å². The lowest BCUT2D eigenvalue weighted by molar-refractivity contribution is -0.0265. The van der Waals surface area contributed by atoms with Crippen LogP contribution in [0.25, 0.3) is 0 Å². The van der Waals surface area contributed by atoms with Gasteiger partial charge in [-0.05, 0) is 59.1 Å². The van der Waals surface area contributed by atoms with E-state index in [9.17, 15) is 5.11 Å². The number of hydrogen-bond acceptors (Lipinski definition) is 4. The molecular formula is C25H38IN3O3. The number of halogens is 1. The zero-order valence-corrected chi connectivity index (χ0v) is 22.2. The van der Waals surface area contributed by atoms with Crippen molar-refractivity contribution in [2.75, 3.05) is 26.2 Å². The quantitative estimate of drug-likeness (QED) is 0.261. The lowest BCUT2D eigenvalue weighted by Gasteiger charge is -2.33. The van der Waals surface area contributed by atoms with Gasteiger partial charge in [0.05, 0.1) is 12.6 Å². The topological polar surface area (TPSA) is 79.0 Å². The Morgan fingerprint density at radius 2 is 1.91 bits per heavy atom. The standard InChI is InChI=1S/C25H37N3O3.HI/c1-6-26-24(28-16-25(5,29)22-14-18(3)31-19(22)4)27-15-21-8-7-13-30-23(21)20-11-9-17(2)10-12-20;/h9-12,14,21,23,29H,6-8,13,15-16H2,1-5H3,(H2,26,27,28);1H. The minimum Gasteiger partial charge on any atom is -0.466 e. The van der Waals surface area contributed by atoms with Crippen molar-refractivity contribution < 1.29 is 14.3 Å². The van der Waals surface area contributed by atoms with Crippen LogP contribution in [0.1, 0.15) is 61.0 Å². The third-order valence-electron chi connectivity index (χ3n) is 5.89. The fourth-order valence-corrected chi connectivity index (χ4v) is 4.23. The molecule has 0 bridgehead atoms. The van der Waals surface area contributed by atoms with E-state index in [0.29, 0.717) is 11.9 Å². The number of guanidine groups is 1. The van der Waals surface area contributed by atoms with Gasteiger partial charge in [0.2, 0.25) is 0 Å². The number of ether oxygens (including phenoxy) is 1. The van der Waals surface area contributed by atoms with Crippen LogP contribution in [-0.4, -0.2) is 37.3 Å². The summed E-state index contributed by atoms with van der Waals surface area (Å²) in [6.45, 7) is 12.2. The molecule has 1 aromatic carbocycles. The number of rotatable bonds is 7. The number of benzene rings is 1. The van der Waals surface area contributed by atoms with E-state index in [1.54, 1.807) is 6.92 Å². The van der Waals surface area contributed by atoms with Crippen LogP contribution in [0.3, 0.4) is 0 Å². The molecule has 0 spiro atoms. The summed E-state index contributed by atoms with van der Waals surface area (Å²) in [7, 11) is 0. The van der Waals surface area contributed by atoms with Crippen molar-refractivity contribution in [1.29, 1.82) is 0 Å². The zero-order valence-electron chi connectivity index (χ0n) is 19.9. The third-order valence-corrected chi connectivity index (χ3v) is 5.89. The predicted octanol–water partition coefficient (Wildman–Crippen LogP) is 4.75. The van der Waals surface area contributed by atoms with Crippen molar-refractivity contribution in [1.82, 2.24) is 10.6 Å². The molecule has 3 rings (SSSR count). The van der Waals surface area contributed by atoms with E-state index in [1.165, 1.54) is 11.1 Å². The first-order valence-corrected chi connectivity index (χ1v) is 11.3. The van der Waals surface area contributed by atoms with Crippen LogP contribution < -0.4 is 10.6 Å². The molecule has 2 heterocycles. The highest BCUT2D eigenvalue weighted by Gasteiger charge is 2.29. The lowest BCUT2D eigenvalue weighted by atomic mass is 9.89. The minimum atomic E-state index is -1.09. The van der Waals surface area contributed by atoms with Gasteiger partial charge in [0, 0.05) is 31.2 Å². The van der Waals surface area contributed by atoms with E-state index in [-0.39, 0.29) is 36.6 Å². The Morgan fingerprint density at radius 1 is 1.19 bits per heavy atom. The summed E-state index contributed by atoms with van der Waals surface area (Å²) < 4.78 is 11.7. The number of aliphatic imine (C=N–C) groups is 1. The minimum absolute atomic E-state index is 0. The van der Waals surface area contributed by atoms with Crippen molar-refractivity contribution in [3.05, 3.63) is 58.5 Å². The molecule has 7 heteroatoms. The molecule has 3 unspecified atom stereocenters. The van der Waals surface area contributed by atoms with Gasteiger partial charge in [-0.1, -0.05) is 29.8 Å². The summed E-state index contributed by atoms with van der Waals surface area (Å²) in [5, 5.41) is 17.7. The Labute approximate surface area is 209 Å². The summed E-state index contributed by atoms with van der Waals surface area (Å²) in [5.74, 6) is 2.59. The molecule has 3 atom stereocenters. The monoisotopic (exact) mass is 555 g/mol. The molecule has 1 fully saturated rings. The van der Waals surface area contributed by atoms with E-state index in [4.69, 9.17) is 9.15 Å². The first kappa shape index (κ1) is 26.7. The SMILES string of the molecule is CCNC(=NCC(C)(O)c1cc(C)oc1C)NCC1CCCOC1c1ccc(C)cc1.I. The molecule has 3 N–H and O–H groups in total. The molecule has 0 aliphatic carbocycles. The first-order valence-electron chi connectivity index (χ1n) is 11.3. The van der Waals surface area contributed by atoms with Crippen molar-refractivity contribution in [3.8, 4) is 0 Å². The highest BCUT2D eigenvalue weighted by molar-refractivity contribution is 14.0. The van der Waals surface area contributed by atoms with Crippen LogP contribution >= 0.6 is 24.0 Å². The Balaban J connectivity index is 0.00000363. The average Bonchev–Trinajstić information content (AvgIpc) is 3.10. The molecule has 1 aromatic heterocycles. The molecule has 178 valence electrons. The lowest BCUT2D eigenvalue weighted by Crippen LogP contribution is -2.42. The number of aliphatic hydroxyl groups is 1. The summed E-state index contributed by atoms with van der Waals surface area (Å²) in [6, 6.07) is 10.5. The van der Waals surface area contributed by atoms with Crippen LogP contribution in [-0.2, 0) is 10.3 Å². The van der Waals surface area contributed by atoms with Crippen molar-refractivity contribution in [3.63, 3.8) is 0 Å². The van der Waals surface area contributed by atoms with E-state index in [2.05, 4.69) is 46.8 Å². The summed E-state index contributed by atoms with van der Waals surface area (Å²) in [5.41, 5.74) is 2.17. The van der Waals surface area contributed by atoms with Crippen LogP contribution in [0.5, 0.6) is 0 Å². The van der Waals surface area contributed by atoms with Crippen LogP contribution in [0.2, 0.25) is 0 Å². The van der Waals surface area contributed by atoms with Gasteiger partial charge in [-0.2, -0.15) is 0 Å². The van der Waals surface area contributed by atoms with Gasteiger partial charge in [-0.15, -0.1) is 24.0 Å². The maximum absolute atomic E-state index is 11.0. The molecule has 0 radical (unpaired) electrons. The Kier molecular flexibility index (Phi) is 10.0. The maximum Gasteiger partial charge on any atom is 0.191 e. The van der Waals surface area contributed by atoms with Crippen molar-refractivity contribution >= 4 is 29.9 Å². The second-order valence-electron chi connectivity index (χ2n) is 8.78. The van der Waals surface area contributed by atoms with Gasteiger partial charge in [-0.25, -0.2) is 4.99 Å². The highest BCUT2D eigenvalue weighted by Crippen LogP contribution is 2.33. The number of nitrogens with zero attached hydrogens (tertiary/aromatic N) is 1. The Bertz CT molecular complexity index is 877. The number of nitrogens with one attached hydrogen (secondary N) is 2. The second kappa shape index (κ2) is 12.0. The third kappa shape index (κ3) is 6.96. The summed E-state index contributed by atoms with van der Waals surface area (Å²) in [6.07, 6.45) is 2.26.